The van der Waals surface area contributed by atoms with Crippen molar-refractivity contribution in [1.82, 2.24) is 0 Å². The second-order valence-corrected chi connectivity index (χ2v) is 11.1. The van der Waals surface area contributed by atoms with E-state index in [2.05, 4.69) is 13.2 Å². The fraction of sp³-hybridized carbons (Fsp3) is 0.292. The van der Waals surface area contributed by atoms with Crippen LogP contribution in [0.3, 0.4) is 0 Å². The fourth-order valence-corrected chi connectivity index (χ4v) is 6.03. The molecule has 0 spiro atoms. The zero-order valence-electron chi connectivity index (χ0n) is 17.7. The topological polar surface area (TPSA) is 77.5 Å². The van der Waals surface area contributed by atoms with E-state index >= 15 is 0 Å². The van der Waals surface area contributed by atoms with E-state index < -0.39 is 31.9 Å². The largest absolute Gasteiger partial charge is 0.461 e. The average Bonchev–Trinajstić information content (AvgIpc) is 2.76. The van der Waals surface area contributed by atoms with Gasteiger partial charge in [-0.3, -0.25) is 9.00 Å². The number of sulfone groups is 1. The van der Waals surface area contributed by atoms with Gasteiger partial charge in [0.1, 0.15) is 6.61 Å². The first-order valence-electron chi connectivity index (χ1n) is 9.89. The van der Waals surface area contributed by atoms with E-state index in [0.717, 1.165) is 4.90 Å². The smallest absolute Gasteiger partial charge is 0.302 e. The number of carbonyl (C=O) groups is 1. The summed E-state index contributed by atoms with van der Waals surface area (Å²) in [5, 5.41) is -0.796. The number of rotatable bonds is 12. The van der Waals surface area contributed by atoms with Crippen molar-refractivity contribution < 1.29 is 22.2 Å². The van der Waals surface area contributed by atoms with Gasteiger partial charge in [0.25, 0.3) is 0 Å². The van der Waals surface area contributed by atoms with Gasteiger partial charge in [-0.15, -0.1) is 0 Å². The molecular weight excluding hydrogens is 432 g/mol. The maximum absolute atomic E-state index is 13.3. The zero-order chi connectivity index (χ0) is 22.9. The van der Waals surface area contributed by atoms with Crippen LogP contribution in [-0.4, -0.2) is 36.2 Å². The van der Waals surface area contributed by atoms with Crippen molar-refractivity contribution in [2.45, 2.75) is 41.2 Å². The highest BCUT2D eigenvalue weighted by molar-refractivity contribution is 7.92. The van der Waals surface area contributed by atoms with Gasteiger partial charge in [-0.1, -0.05) is 55.1 Å². The molecule has 0 saturated heterocycles. The van der Waals surface area contributed by atoms with Crippen molar-refractivity contribution in [2.75, 3.05) is 12.4 Å². The Balaban J connectivity index is 2.10. The lowest BCUT2D eigenvalue weighted by Gasteiger charge is -2.20. The Kier molecular flexibility index (Phi) is 9.40. The molecule has 0 aliphatic carbocycles. The number of ether oxygens (including phenoxy) is 1. The molecule has 0 saturated carbocycles. The number of hydrogen-bond acceptors (Lipinski definition) is 5. The van der Waals surface area contributed by atoms with Crippen LogP contribution in [0.15, 0.2) is 94.8 Å². The molecule has 31 heavy (non-hydrogen) atoms. The minimum atomic E-state index is -3.66. The summed E-state index contributed by atoms with van der Waals surface area (Å²) in [5.74, 6) is -0.0774. The summed E-state index contributed by atoms with van der Waals surface area (Å²) < 4.78 is 43.9. The molecule has 5 nitrogen and oxygen atoms in total. The number of benzene rings is 2. The molecule has 2 atom stereocenters. The summed E-state index contributed by atoms with van der Waals surface area (Å²) >= 11 is 0. The van der Waals surface area contributed by atoms with Crippen molar-refractivity contribution in [1.29, 1.82) is 0 Å². The van der Waals surface area contributed by atoms with Gasteiger partial charge < -0.3 is 4.74 Å². The minimum absolute atomic E-state index is 0.0271. The van der Waals surface area contributed by atoms with E-state index in [-0.39, 0.29) is 24.3 Å². The molecule has 0 aromatic heterocycles. The molecule has 0 aliphatic heterocycles. The van der Waals surface area contributed by atoms with Crippen LogP contribution >= 0.6 is 0 Å². The summed E-state index contributed by atoms with van der Waals surface area (Å²) in [6.45, 7) is 9.17. The van der Waals surface area contributed by atoms with Crippen LogP contribution in [0.4, 0.5) is 0 Å². The lowest BCUT2D eigenvalue weighted by atomic mass is 10.0. The highest BCUT2D eigenvalue weighted by Gasteiger charge is 2.28. The van der Waals surface area contributed by atoms with Gasteiger partial charge in [0.15, 0.2) is 9.84 Å². The first-order valence-corrected chi connectivity index (χ1v) is 12.8. The average molecular weight is 461 g/mol. The molecule has 0 amide bonds. The lowest BCUT2D eigenvalue weighted by Crippen LogP contribution is -2.24. The van der Waals surface area contributed by atoms with E-state index in [1.54, 1.807) is 42.5 Å². The summed E-state index contributed by atoms with van der Waals surface area (Å²) in [6, 6.07) is 17.4. The Hall–Kier alpha value is -2.51. The molecular formula is C24H28O5S2. The van der Waals surface area contributed by atoms with Crippen LogP contribution in [-0.2, 0) is 30.2 Å². The monoisotopic (exact) mass is 460 g/mol. The molecule has 2 aromatic rings. The summed E-state index contributed by atoms with van der Waals surface area (Å²) in [7, 11) is -4.84. The number of hydrogen-bond donors (Lipinski definition) is 0. The van der Waals surface area contributed by atoms with Crippen LogP contribution in [0.5, 0.6) is 0 Å². The van der Waals surface area contributed by atoms with Crippen molar-refractivity contribution in [3.05, 3.63) is 85.0 Å². The zero-order valence-corrected chi connectivity index (χ0v) is 19.3. The molecule has 0 aliphatic rings. The van der Waals surface area contributed by atoms with Crippen molar-refractivity contribution >= 4 is 26.6 Å². The van der Waals surface area contributed by atoms with E-state index in [4.69, 9.17) is 4.74 Å². The molecule has 0 bridgehead atoms. The predicted octanol–water partition coefficient (Wildman–Crippen LogP) is 4.48. The lowest BCUT2D eigenvalue weighted by molar-refractivity contribution is -0.140. The fourth-order valence-electron chi connectivity index (χ4n) is 3.03. The highest BCUT2D eigenvalue weighted by Crippen LogP contribution is 2.27. The predicted molar refractivity (Wildman–Crippen MR) is 124 cm³/mol. The van der Waals surface area contributed by atoms with Gasteiger partial charge in [0, 0.05) is 17.6 Å². The minimum Gasteiger partial charge on any atom is -0.461 e. The molecule has 0 N–H and O–H groups in total. The number of esters is 1. The van der Waals surface area contributed by atoms with E-state index in [1.165, 1.54) is 6.92 Å². The second kappa shape index (κ2) is 11.8. The van der Waals surface area contributed by atoms with Gasteiger partial charge in [-0.25, -0.2) is 8.42 Å². The normalized spacial score (nSPS) is 13.2. The third kappa shape index (κ3) is 7.92. The Labute approximate surface area is 187 Å². The Morgan fingerprint density at radius 1 is 0.968 bits per heavy atom. The Bertz CT molecular complexity index is 1030. The SMILES string of the molecule is C=C(CC[S@](=O)c1ccccc1)C[C@@H](CC(=C)COC(C)=O)S(=O)(=O)c1ccccc1. The molecule has 166 valence electrons. The first-order chi connectivity index (χ1) is 14.7. The van der Waals surface area contributed by atoms with E-state index in [1.807, 2.05) is 18.2 Å². The van der Waals surface area contributed by atoms with Crippen LogP contribution in [0.2, 0.25) is 0 Å². The maximum atomic E-state index is 13.3. The van der Waals surface area contributed by atoms with Crippen molar-refractivity contribution in [3.63, 3.8) is 0 Å². The van der Waals surface area contributed by atoms with Gasteiger partial charge in [0.2, 0.25) is 0 Å². The van der Waals surface area contributed by atoms with Crippen LogP contribution in [0.1, 0.15) is 26.2 Å². The molecule has 2 aromatic carbocycles. The molecule has 0 unspecified atom stereocenters. The molecule has 0 heterocycles. The molecule has 7 heteroatoms. The maximum Gasteiger partial charge on any atom is 0.302 e. The molecule has 2 rings (SSSR count). The number of carbonyl (C=O) groups excluding carboxylic acids is 1. The summed E-state index contributed by atoms with van der Waals surface area (Å²) in [4.78, 5) is 12.0. The quantitative estimate of drug-likeness (QED) is 0.345. The van der Waals surface area contributed by atoms with Crippen LogP contribution < -0.4 is 0 Å². The third-order valence-corrected chi connectivity index (χ3v) is 8.18. The van der Waals surface area contributed by atoms with Gasteiger partial charge in [-0.2, -0.15) is 0 Å². The van der Waals surface area contributed by atoms with Crippen LogP contribution in [0.25, 0.3) is 0 Å². The second-order valence-electron chi connectivity index (χ2n) is 7.28. The first kappa shape index (κ1) is 24.8. The van der Waals surface area contributed by atoms with Gasteiger partial charge >= 0.3 is 5.97 Å². The molecule has 0 radical (unpaired) electrons. The van der Waals surface area contributed by atoms with E-state index in [9.17, 15) is 17.4 Å². The summed E-state index contributed by atoms with van der Waals surface area (Å²) in [6.07, 6.45) is 0.798. The molecule has 0 fully saturated rings. The standard InChI is InChI=1S/C24H28O5S2/c1-19(14-15-30(26)22-10-6-4-7-11-22)16-24(17-20(2)18-29-21(3)25)31(27,28)23-12-8-5-9-13-23/h4-13,24H,1-2,14-18H2,3H3/t24-,30-/m0/s1. The Morgan fingerprint density at radius 2 is 1.52 bits per heavy atom. The Morgan fingerprint density at radius 3 is 2.10 bits per heavy atom. The highest BCUT2D eigenvalue weighted by atomic mass is 32.2. The van der Waals surface area contributed by atoms with Crippen molar-refractivity contribution in [2.24, 2.45) is 0 Å². The number of allylic oxidation sites excluding steroid dienone is 1. The van der Waals surface area contributed by atoms with E-state index in [0.29, 0.717) is 23.3 Å². The van der Waals surface area contributed by atoms with Crippen LogP contribution in [0, 0.1) is 0 Å². The van der Waals surface area contributed by atoms with Gasteiger partial charge in [-0.05, 0) is 49.1 Å². The van der Waals surface area contributed by atoms with Crippen molar-refractivity contribution in [3.8, 4) is 0 Å². The third-order valence-electron chi connectivity index (χ3n) is 4.67. The van der Waals surface area contributed by atoms with Gasteiger partial charge in [0.05, 0.1) is 20.9 Å². The summed E-state index contributed by atoms with van der Waals surface area (Å²) in [5.41, 5.74) is 1.22.